The van der Waals surface area contributed by atoms with E-state index in [4.69, 9.17) is 10.00 Å². The van der Waals surface area contributed by atoms with E-state index in [1.54, 1.807) is 11.6 Å². The van der Waals surface area contributed by atoms with Crippen LogP contribution in [0.1, 0.15) is 60.8 Å². The van der Waals surface area contributed by atoms with Crippen molar-refractivity contribution in [3.63, 3.8) is 0 Å². The van der Waals surface area contributed by atoms with E-state index in [-0.39, 0.29) is 6.10 Å². The van der Waals surface area contributed by atoms with E-state index in [1.807, 2.05) is 58.9 Å². The Kier molecular flexibility index (Phi) is 10.8. The normalized spacial score (nSPS) is 15.2. The highest BCUT2D eigenvalue weighted by atomic mass is 32.1. The van der Waals surface area contributed by atoms with E-state index in [9.17, 15) is 0 Å². The molecule has 1 heterocycles. The summed E-state index contributed by atoms with van der Waals surface area (Å²) in [5, 5.41) is 22.5. The number of benzene rings is 2. The van der Waals surface area contributed by atoms with Gasteiger partial charge in [-0.25, -0.2) is 0 Å². The maximum atomic E-state index is 9.15. The predicted molar refractivity (Wildman–Crippen MR) is 153 cm³/mol. The molecule has 1 saturated carbocycles. The van der Waals surface area contributed by atoms with Gasteiger partial charge < -0.3 is 15.0 Å². The Balaban J connectivity index is 0.000000182. The van der Waals surface area contributed by atoms with Crippen LogP contribution in [0.5, 0.6) is 5.75 Å². The summed E-state index contributed by atoms with van der Waals surface area (Å²) in [6.07, 6.45) is 7.59. The summed E-state index contributed by atoms with van der Waals surface area (Å²) in [6, 6.07) is 17.1. The van der Waals surface area contributed by atoms with Gasteiger partial charge in [0, 0.05) is 18.2 Å². The zero-order chi connectivity index (χ0) is 26.8. The average Bonchev–Trinajstić information content (AvgIpc) is 3.44. The van der Waals surface area contributed by atoms with Crippen LogP contribution in [0.3, 0.4) is 0 Å². The summed E-state index contributed by atoms with van der Waals surface area (Å²) in [5.74, 6) is 0.609. The standard InChI is InChI=1S/C14H17N.C13H13N3OS.C3H9N/c1-2-4-13-12(3-1)7-8-14(13)15-10-9-11-5-6-11;1-8(2)17-12-5-4-10(6-11(12)7-14)13-16-15-9(3)18-13;1-4(2)3/h1-4,9,14-15H,5-8,10H2;4-6,8H,1-3H3;1-3H3. The molecule has 2 aliphatic carbocycles. The zero-order valence-electron chi connectivity index (χ0n) is 22.9. The molecule has 0 radical (unpaired) electrons. The first-order valence-corrected chi connectivity index (χ1v) is 13.7. The first-order chi connectivity index (χ1) is 17.8. The van der Waals surface area contributed by atoms with Crippen LogP contribution in [0, 0.1) is 18.3 Å². The van der Waals surface area contributed by atoms with Crippen molar-refractivity contribution in [2.75, 3.05) is 27.7 Å². The zero-order valence-corrected chi connectivity index (χ0v) is 23.7. The highest BCUT2D eigenvalue weighted by molar-refractivity contribution is 7.14. The molecule has 0 saturated heterocycles. The largest absolute Gasteiger partial charge is 0.490 e. The first-order valence-electron chi connectivity index (χ1n) is 12.9. The highest BCUT2D eigenvalue weighted by Gasteiger charge is 2.20. The van der Waals surface area contributed by atoms with Crippen LogP contribution in [0.25, 0.3) is 10.6 Å². The van der Waals surface area contributed by atoms with E-state index in [0.717, 1.165) is 22.1 Å². The van der Waals surface area contributed by atoms with Gasteiger partial charge in [0.05, 0.1) is 11.7 Å². The van der Waals surface area contributed by atoms with Gasteiger partial charge in [-0.1, -0.05) is 47.3 Å². The number of hydrogen-bond donors (Lipinski definition) is 1. The summed E-state index contributed by atoms with van der Waals surface area (Å²) < 4.78 is 5.58. The van der Waals surface area contributed by atoms with Gasteiger partial charge in [0.25, 0.3) is 0 Å². The third-order valence-corrected chi connectivity index (χ3v) is 6.55. The fourth-order valence-electron chi connectivity index (χ4n) is 3.91. The minimum Gasteiger partial charge on any atom is -0.490 e. The van der Waals surface area contributed by atoms with Crippen molar-refractivity contribution in [1.82, 2.24) is 20.4 Å². The molecule has 7 heteroatoms. The SMILES string of the molecule is C(CNC1CCc2ccccc21)=C1CC1.CN(C)C.Cc1nnc(-c2ccc(OC(C)C)c(C#N)c2)s1. The fourth-order valence-corrected chi connectivity index (χ4v) is 4.60. The maximum absolute atomic E-state index is 9.15. The Morgan fingerprint density at radius 3 is 2.49 bits per heavy atom. The van der Waals surface area contributed by atoms with Crippen molar-refractivity contribution in [2.24, 2.45) is 0 Å². The molecule has 2 aromatic carbocycles. The molecule has 196 valence electrons. The Morgan fingerprint density at radius 2 is 1.86 bits per heavy atom. The molecule has 1 atom stereocenters. The average molecular weight is 518 g/mol. The number of hydrogen-bond acceptors (Lipinski definition) is 7. The summed E-state index contributed by atoms with van der Waals surface area (Å²) in [5.41, 5.74) is 6.11. The van der Waals surface area contributed by atoms with E-state index < -0.39 is 0 Å². The summed E-state index contributed by atoms with van der Waals surface area (Å²) >= 11 is 1.51. The lowest BCUT2D eigenvalue weighted by Crippen LogP contribution is -2.18. The number of nitrogens with zero attached hydrogens (tertiary/aromatic N) is 4. The Labute approximate surface area is 226 Å². The molecule has 1 unspecified atom stereocenters. The van der Waals surface area contributed by atoms with Crippen molar-refractivity contribution < 1.29 is 4.74 Å². The minimum absolute atomic E-state index is 0.0479. The molecule has 5 rings (SSSR count). The third-order valence-electron chi connectivity index (χ3n) is 5.66. The lowest BCUT2D eigenvalue weighted by atomic mass is 10.1. The van der Waals surface area contributed by atoms with Gasteiger partial charge in [0.15, 0.2) is 0 Å². The Hall–Kier alpha value is -3.05. The summed E-state index contributed by atoms with van der Waals surface area (Å²) in [7, 11) is 6.00. The van der Waals surface area contributed by atoms with E-state index in [2.05, 4.69) is 51.9 Å². The molecule has 0 bridgehead atoms. The van der Waals surface area contributed by atoms with Crippen LogP contribution in [0.2, 0.25) is 0 Å². The Bertz CT molecular complexity index is 1220. The van der Waals surface area contributed by atoms with Crippen molar-refractivity contribution in [2.45, 2.75) is 58.6 Å². The lowest BCUT2D eigenvalue weighted by Gasteiger charge is -2.11. The number of ether oxygens (including phenoxy) is 1. The second-order valence-corrected chi connectivity index (χ2v) is 11.2. The number of fused-ring (bicyclic) bond motifs is 1. The molecule has 6 nitrogen and oxygen atoms in total. The number of nitriles is 1. The molecule has 3 aromatic rings. The van der Waals surface area contributed by atoms with Crippen molar-refractivity contribution in [3.8, 4) is 22.4 Å². The van der Waals surface area contributed by atoms with E-state index in [1.165, 1.54) is 48.1 Å². The minimum atomic E-state index is 0.0479. The number of aryl methyl sites for hydroxylation is 2. The number of nitrogens with one attached hydrogen (secondary N) is 1. The van der Waals surface area contributed by atoms with Gasteiger partial charge in [-0.3, -0.25) is 0 Å². The molecule has 0 aliphatic heterocycles. The van der Waals surface area contributed by atoms with Gasteiger partial charge in [-0.2, -0.15) is 5.26 Å². The molecule has 1 fully saturated rings. The van der Waals surface area contributed by atoms with Crippen LogP contribution < -0.4 is 10.1 Å². The molecular weight excluding hydrogens is 478 g/mol. The maximum Gasteiger partial charge on any atom is 0.147 e. The second kappa shape index (κ2) is 14.0. The van der Waals surface area contributed by atoms with E-state index >= 15 is 0 Å². The van der Waals surface area contributed by atoms with E-state index in [0.29, 0.717) is 17.4 Å². The molecule has 37 heavy (non-hydrogen) atoms. The highest BCUT2D eigenvalue weighted by Crippen LogP contribution is 2.31. The van der Waals surface area contributed by atoms with Crippen LogP contribution in [-0.4, -0.2) is 48.9 Å². The van der Waals surface area contributed by atoms with Gasteiger partial charge in [-0.05, 0) is 96.9 Å². The first kappa shape index (κ1) is 28.5. The Morgan fingerprint density at radius 1 is 1.14 bits per heavy atom. The molecule has 0 spiro atoms. The van der Waals surface area contributed by atoms with Crippen LogP contribution in [-0.2, 0) is 6.42 Å². The lowest BCUT2D eigenvalue weighted by molar-refractivity contribution is 0.242. The van der Waals surface area contributed by atoms with Gasteiger partial charge in [0.1, 0.15) is 21.8 Å². The van der Waals surface area contributed by atoms with Crippen LogP contribution in [0.15, 0.2) is 54.1 Å². The summed E-state index contributed by atoms with van der Waals surface area (Å²) in [4.78, 5) is 2.00. The number of allylic oxidation sites excluding steroid dienone is 1. The second-order valence-electron chi connectivity index (χ2n) is 10.0. The molecule has 1 aromatic heterocycles. The van der Waals surface area contributed by atoms with Crippen LogP contribution >= 0.6 is 11.3 Å². The fraction of sp³-hybridized carbons (Fsp3) is 0.433. The quantitative estimate of drug-likeness (QED) is 0.385. The molecule has 2 aliphatic rings. The number of rotatable bonds is 6. The molecule has 1 N–H and O–H groups in total. The molecular formula is C30H39N5OS. The van der Waals surface area contributed by atoms with Gasteiger partial charge in [-0.15, -0.1) is 10.2 Å². The predicted octanol–water partition coefficient (Wildman–Crippen LogP) is 6.33. The third kappa shape index (κ3) is 9.40. The van der Waals surface area contributed by atoms with Crippen LogP contribution in [0.4, 0.5) is 0 Å². The van der Waals surface area contributed by atoms with Crippen molar-refractivity contribution in [3.05, 3.63) is 75.8 Å². The van der Waals surface area contributed by atoms with Crippen molar-refractivity contribution >= 4 is 11.3 Å². The summed E-state index contributed by atoms with van der Waals surface area (Å²) in [6.45, 7) is 6.82. The van der Waals surface area contributed by atoms with Gasteiger partial charge in [0.2, 0.25) is 0 Å². The monoisotopic (exact) mass is 517 g/mol. The van der Waals surface area contributed by atoms with Gasteiger partial charge >= 0.3 is 0 Å². The smallest absolute Gasteiger partial charge is 0.147 e. The molecule has 0 amide bonds. The van der Waals surface area contributed by atoms with Crippen molar-refractivity contribution in [1.29, 1.82) is 5.26 Å². The topological polar surface area (TPSA) is 74.1 Å². The number of aromatic nitrogens is 2.